The van der Waals surface area contributed by atoms with Crippen LogP contribution in [0, 0.1) is 11.8 Å². The molecule has 83 heavy (non-hydrogen) atoms. The van der Waals surface area contributed by atoms with Crippen molar-refractivity contribution >= 4 is 92.2 Å². The largest absolute Gasteiger partial charge is 0.495 e. The van der Waals surface area contributed by atoms with E-state index in [0.717, 1.165) is 16.8 Å². The molecule has 1 aromatic carbocycles. The van der Waals surface area contributed by atoms with Crippen LogP contribution in [0.3, 0.4) is 0 Å². The number of nitrogens with one attached hydrogen (secondary N) is 2. The number of methoxy groups -OCH3 is 2. The Hall–Kier alpha value is -5.96. The highest BCUT2D eigenvalue weighted by molar-refractivity contribution is 8.77. The zero-order valence-electron chi connectivity index (χ0n) is 48.4. The molecule has 3 N–H and O–H groups in total. The number of ether oxygens (including phenoxy) is 7. The van der Waals surface area contributed by atoms with Crippen molar-refractivity contribution in [3.05, 3.63) is 70.5 Å². The number of hydroxylamine groups is 2. The molecule has 4 fully saturated rings. The van der Waals surface area contributed by atoms with E-state index < -0.39 is 88.2 Å². The molecule has 0 radical (unpaired) electrons. The second kappa shape index (κ2) is 27.8. The summed E-state index contributed by atoms with van der Waals surface area (Å²) in [7, 11) is 8.78. The number of nitrogens with zero attached hydrogens (tertiary/aromatic N) is 4. The smallest absolute Gasteiger partial charge is 0.409 e. The summed E-state index contributed by atoms with van der Waals surface area (Å²) >= 11 is 6.84. The number of anilines is 1. The van der Waals surface area contributed by atoms with Gasteiger partial charge in [-0.1, -0.05) is 70.0 Å². The lowest BCUT2D eigenvalue weighted by Gasteiger charge is -2.42. The predicted molar refractivity (Wildman–Crippen MR) is 307 cm³/mol. The van der Waals surface area contributed by atoms with E-state index in [1.807, 2.05) is 39.0 Å². The molecule has 3 unspecified atom stereocenters. The lowest BCUT2D eigenvalue weighted by Crippen LogP contribution is -2.63. The molecule has 0 saturated carbocycles. The van der Waals surface area contributed by atoms with Crippen LogP contribution in [0.1, 0.15) is 105 Å². The molecule has 454 valence electrons. The van der Waals surface area contributed by atoms with E-state index in [1.54, 1.807) is 51.3 Å². The summed E-state index contributed by atoms with van der Waals surface area (Å²) in [5, 5.41) is 19.6. The van der Waals surface area contributed by atoms with E-state index in [9.17, 15) is 43.5 Å². The number of allylic oxidation sites excluding steroid dienone is 4. The van der Waals surface area contributed by atoms with Crippen molar-refractivity contribution in [3.8, 4) is 5.75 Å². The topological polar surface area (TPSA) is 280 Å². The molecule has 4 bridgehead atoms. The number of halogens is 1. The van der Waals surface area contributed by atoms with Gasteiger partial charge in [0.15, 0.2) is 5.72 Å². The van der Waals surface area contributed by atoms with E-state index in [-0.39, 0.29) is 86.8 Å². The first-order valence-electron chi connectivity index (χ1n) is 27.5. The second-order valence-electron chi connectivity index (χ2n) is 22.2. The van der Waals surface area contributed by atoms with Crippen molar-refractivity contribution in [1.82, 2.24) is 20.7 Å². The summed E-state index contributed by atoms with van der Waals surface area (Å²) in [5.74, 6) is -3.32. The van der Waals surface area contributed by atoms with Crippen LogP contribution in [0.4, 0.5) is 10.5 Å². The summed E-state index contributed by atoms with van der Waals surface area (Å²) < 4.78 is 40.8. The second-order valence-corrected chi connectivity index (χ2v) is 25.7. The molecule has 0 spiro atoms. The van der Waals surface area contributed by atoms with Gasteiger partial charge in [-0.3, -0.25) is 29.3 Å². The van der Waals surface area contributed by atoms with E-state index in [0.29, 0.717) is 47.5 Å². The number of epoxide rings is 1. The number of rotatable bonds is 19. The number of hydrazone groups is 1. The van der Waals surface area contributed by atoms with Gasteiger partial charge in [-0.2, -0.15) is 5.10 Å². The lowest BCUT2D eigenvalue weighted by atomic mass is 9.83. The predicted octanol–water partition coefficient (Wildman–Crippen LogP) is 6.19. The minimum atomic E-state index is -1.88. The Morgan fingerprint density at radius 2 is 1.81 bits per heavy atom. The van der Waals surface area contributed by atoms with Gasteiger partial charge in [0.1, 0.15) is 46.5 Å². The SMILES string of the molecule is COc1cc2cc(c1Cl)N(C)C(=O)C[C@H](OC(=O)[C@H](C)N(C)C(=O)CCSSC(C)(C)CC(=O)N/N=C1\CCOC3C=C(OCCCC(=O)ON4C(=O)CCC4=O)C=CC13)C1(C)O[C@H]1[C@H](C)[C@@H]1C[C@@](O)(NC(=O)O1)[C@H](OC)/C=C/C=C(\C)C2. The van der Waals surface area contributed by atoms with Crippen molar-refractivity contribution < 1.29 is 81.5 Å². The number of esters is 1. The van der Waals surface area contributed by atoms with Gasteiger partial charge < -0.3 is 52.9 Å². The summed E-state index contributed by atoms with van der Waals surface area (Å²) in [6.07, 6.45) is 6.46. The molecule has 5 aliphatic heterocycles. The summed E-state index contributed by atoms with van der Waals surface area (Å²) in [6, 6.07) is 2.45. The number of likely N-dealkylation sites (N-methyl/N-ethyl adjacent to an activating group) is 1. The highest BCUT2D eigenvalue weighted by Crippen LogP contribution is 2.49. The fourth-order valence-corrected chi connectivity index (χ4v) is 13.1. The average molecular weight is 1220 g/mol. The monoisotopic (exact) mass is 1210 g/mol. The van der Waals surface area contributed by atoms with Crippen molar-refractivity contribution in [2.45, 2.75) is 158 Å². The highest BCUT2D eigenvalue weighted by Gasteiger charge is 2.64. The minimum Gasteiger partial charge on any atom is -0.495 e. The van der Waals surface area contributed by atoms with Gasteiger partial charge in [0.05, 0.1) is 56.8 Å². The summed E-state index contributed by atoms with van der Waals surface area (Å²) in [4.78, 5) is 112. The molecule has 1 aromatic rings. The van der Waals surface area contributed by atoms with Crippen LogP contribution in [0.25, 0.3) is 0 Å². The number of hydrogen-bond donors (Lipinski definition) is 3. The number of fused-ring (bicyclic) bond motifs is 6. The molecule has 10 atom stereocenters. The first-order chi connectivity index (χ1) is 39.3. The van der Waals surface area contributed by atoms with E-state index >= 15 is 0 Å². The van der Waals surface area contributed by atoms with Crippen molar-refractivity contribution in [3.63, 3.8) is 0 Å². The Kier molecular flexibility index (Phi) is 21.7. The molecule has 1 aliphatic carbocycles. The van der Waals surface area contributed by atoms with Crippen LogP contribution < -0.4 is 20.4 Å². The molecular formula is C57H75ClN6O17S2. The third kappa shape index (κ3) is 16.3. The molecular weight excluding hydrogens is 1140 g/mol. The van der Waals surface area contributed by atoms with Crippen LogP contribution in [0.5, 0.6) is 5.75 Å². The minimum absolute atomic E-state index is 0.0166. The van der Waals surface area contributed by atoms with Crippen molar-refractivity contribution in [1.29, 1.82) is 0 Å². The van der Waals surface area contributed by atoms with Gasteiger partial charge in [-0.05, 0) is 77.3 Å². The number of carbonyl (C=O) groups is 8. The molecule has 6 aliphatic rings. The van der Waals surface area contributed by atoms with Crippen LogP contribution in [-0.4, -0.2) is 168 Å². The number of alkyl carbamates (subject to hydrolysis) is 1. The Balaban J connectivity index is 0.914. The maximum Gasteiger partial charge on any atom is 0.409 e. The molecule has 4 saturated heterocycles. The number of carbonyl (C=O) groups excluding carboxylic acids is 8. The normalized spacial score (nSPS) is 29.2. The third-order valence-corrected chi connectivity index (χ3v) is 19.0. The fraction of sp³-hybridized carbons (Fsp3) is 0.596. The van der Waals surface area contributed by atoms with Crippen LogP contribution >= 0.6 is 33.2 Å². The molecule has 7 rings (SSSR count). The van der Waals surface area contributed by atoms with Crippen LogP contribution in [-0.2, 0) is 73.2 Å². The van der Waals surface area contributed by atoms with Crippen LogP contribution in [0.2, 0.25) is 5.02 Å². The van der Waals surface area contributed by atoms with Crippen molar-refractivity contribution in [2.75, 3.05) is 52.2 Å². The van der Waals surface area contributed by atoms with Gasteiger partial charge in [0.2, 0.25) is 17.7 Å². The number of amides is 6. The zero-order valence-corrected chi connectivity index (χ0v) is 50.8. The highest BCUT2D eigenvalue weighted by atomic mass is 35.5. The standard InChI is InChI=1S/C57H75ClN6O17S2/c1-32-13-11-14-43(75-10)57(73)30-42(78-54(72)59-57)33(2)52-56(6,80-52)44(29-49(69)63(8)39-26-35(25-32)27-41(74-9)51(39)58)79-53(71)34(3)62(7)46(66)21-24-82-83-55(4,5)31-45(65)61-60-38-20-23-77-40-28-36(16-17-37(38)40)76-22-12-15-50(70)81-64-47(67)18-19-48(64)68/h11,13-14,16-17,26-28,33-34,37,40,42-44,52,73H,12,15,18-25,29-31H2,1-10H3,(H,59,72)(H,61,65)/b14-11+,32-13+,60-38+/t33-,34+,37?,40?,42+,43-,44+,52+,56?,57+/m1/s1. The summed E-state index contributed by atoms with van der Waals surface area (Å²) in [6.45, 7) is 11.3. The zero-order chi connectivity index (χ0) is 60.6. The van der Waals surface area contributed by atoms with Gasteiger partial charge in [-0.15, -0.1) is 5.06 Å². The van der Waals surface area contributed by atoms with Crippen LogP contribution in [0.15, 0.2) is 65.0 Å². The van der Waals surface area contributed by atoms with Gasteiger partial charge in [-0.25, -0.2) is 19.8 Å². The molecule has 26 heteroatoms. The quantitative estimate of drug-likeness (QED) is 0.0348. The van der Waals surface area contributed by atoms with E-state index in [1.165, 1.54) is 59.6 Å². The average Bonchev–Trinajstić information content (AvgIpc) is 2.25. The number of hydrogen-bond acceptors (Lipinski definition) is 20. The van der Waals surface area contributed by atoms with Crippen molar-refractivity contribution in [2.24, 2.45) is 16.9 Å². The maximum atomic E-state index is 14.4. The van der Waals surface area contributed by atoms with Gasteiger partial charge in [0, 0.05) is 82.1 Å². The van der Waals surface area contributed by atoms with Gasteiger partial charge >= 0.3 is 18.0 Å². The number of benzene rings is 1. The van der Waals surface area contributed by atoms with E-state index in [2.05, 4.69) is 15.8 Å². The number of aliphatic hydroxyl groups is 1. The third-order valence-electron chi connectivity index (χ3n) is 15.3. The Morgan fingerprint density at radius 1 is 1.07 bits per heavy atom. The Bertz CT molecular complexity index is 2810. The molecule has 0 aromatic heterocycles. The molecule has 6 amide bonds. The fourth-order valence-electron chi connectivity index (χ4n) is 10.3. The Morgan fingerprint density at radius 3 is 2.52 bits per heavy atom. The Labute approximate surface area is 495 Å². The first-order valence-corrected chi connectivity index (χ1v) is 30.2. The maximum absolute atomic E-state index is 14.4. The first kappa shape index (κ1) is 64.6. The molecule has 5 heterocycles. The summed E-state index contributed by atoms with van der Waals surface area (Å²) in [5.41, 5.74) is 2.28. The van der Waals surface area contributed by atoms with Gasteiger partial charge in [0.25, 0.3) is 11.8 Å². The van der Waals surface area contributed by atoms with E-state index in [4.69, 9.17) is 49.6 Å². The lowest BCUT2D eigenvalue weighted by molar-refractivity contribution is -0.197. The molecule has 23 nitrogen and oxygen atoms in total. The number of imide groups is 1.